The Morgan fingerprint density at radius 1 is 1.47 bits per heavy atom. The maximum absolute atomic E-state index is 12.1. The zero-order chi connectivity index (χ0) is 14.6. The molecule has 0 bridgehead atoms. The average molecular weight is 281 g/mol. The van der Waals surface area contributed by atoms with Crippen molar-refractivity contribution < 1.29 is 23.1 Å². The SMILES string of the molecule is CC(CCCC(F)(F)F)N1CCC(C(=O)O)CC1C. The monoisotopic (exact) mass is 281 g/mol. The predicted octanol–water partition coefficient (Wildman–Crippen LogP) is 3.29. The molecule has 1 rings (SSSR count). The Hall–Kier alpha value is -0.780. The highest BCUT2D eigenvalue weighted by Crippen LogP contribution is 2.28. The molecule has 1 saturated heterocycles. The second-order valence-electron chi connectivity index (χ2n) is 5.50. The van der Waals surface area contributed by atoms with Gasteiger partial charge in [0, 0.05) is 18.5 Å². The molecule has 0 radical (unpaired) electrons. The summed E-state index contributed by atoms with van der Waals surface area (Å²) in [6.07, 6.45) is -3.01. The second-order valence-corrected chi connectivity index (χ2v) is 5.50. The molecule has 3 unspecified atom stereocenters. The first-order valence-corrected chi connectivity index (χ1v) is 6.76. The molecule has 0 saturated carbocycles. The van der Waals surface area contributed by atoms with Crippen LogP contribution in [0.3, 0.4) is 0 Å². The fourth-order valence-corrected chi connectivity index (χ4v) is 2.83. The number of hydrogen-bond donors (Lipinski definition) is 1. The molecule has 0 amide bonds. The lowest BCUT2D eigenvalue weighted by Crippen LogP contribution is -2.47. The molecule has 1 heterocycles. The summed E-state index contributed by atoms with van der Waals surface area (Å²) in [6.45, 7) is 4.54. The molecule has 112 valence electrons. The highest BCUT2D eigenvalue weighted by molar-refractivity contribution is 5.70. The zero-order valence-corrected chi connectivity index (χ0v) is 11.4. The Kier molecular flexibility index (Phi) is 5.64. The van der Waals surface area contributed by atoms with Gasteiger partial charge in [-0.25, -0.2) is 0 Å². The number of carboxylic acids is 1. The summed E-state index contributed by atoms with van der Waals surface area (Å²) in [5.74, 6) is -1.08. The number of halogens is 3. The van der Waals surface area contributed by atoms with Crippen LogP contribution in [0.4, 0.5) is 13.2 Å². The number of rotatable bonds is 5. The van der Waals surface area contributed by atoms with E-state index >= 15 is 0 Å². The maximum Gasteiger partial charge on any atom is 0.389 e. The minimum atomic E-state index is -4.08. The van der Waals surface area contributed by atoms with Crippen LogP contribution >= 0.6 is 0 Å². The van der Waals surface area contributed by atoms with E-state index in [1.807, 2.05) is 13.8 Å². The van der Waals surface area contributed by atoms with Gasteiger partial charge in [0.15, 0.2) is 0 Å². The van der Waals surface area contributed by atoms with Crippen molar-refractivity contribution in [2.75, 3.05) is 6.54 Å². The largest absolute Gasteiger partial charge is 0.481 e. The van der Waals surface area contributed by atoms with E-state index < -0.39 is 18.6 Å². The first-order valence-electron chi connectivity index (χ1n) is 6.76. The average Bonchev–Trinajstić information content (AvgIpc) is 2.26. The Bertz CT molecular complexity index is 307. The summed E-state index contributed by atoms with van der Waals surface area (Å²) in [5, 5.41) is 8.97. The molecular formula is C13H22F3NO2. The lowest BCUT2D eigenvalue weighted by molar-refractivity contribution is -0.144. The van der Waals surface area contributed by atoms with Gasteiger partial charge in [0.1, 0.15) is 0 Å². The molecule has 6 heteroatoms. The van der Waals surface area contributed by atoms with Crippen molar-refractivity contribution in [2.24, 2.45) is 5.92 Å². The van der Waals surface area contributed by atoms with Gasteiger partial charge in [-0.2, -0.15) is 13.2 Å². The van der Waals surface area contributed by atoms with Crippen molar-refractivity contribution in [3.8, 4) is 0 Å². The van der Waals surface area contributed by atoms with Crippen LogP contribution in [0.5, 0.6) is 0 Å². The number of piperidine rings is 1. The van der Waals surface area contributed by atoms with E-state index in [2.05, 4.69) is 4.90 Å². The third kappa shape index (κ3) is 5.38. The second kappa shape index (κ2) is 6.59. The summed E-state index contributed by atoms with van der Waals surface area (Å²) in [7, 11) is 0. The van der Waals surface area contributed by atoms with Crippen molar-refractivity contribution in [3.05, 3.63) is 0 Å². The topological polar surface area (TPSA) is 40.5 Å². The minimum Gasteiger partial charge on any atom is -0.481 e. The van der Waals surface area contributed by atoms with Crippen LogP contribution in [0.15, 0.2) is 0 Å². The molecule has 0 aromatic rings. The Morgan fingerprint density at radius 2 is 2.11 bits per heavy atom. The number of carbonyl (C=O) groups is 1. The van der Waals surface area contributed by atoms with E-state index in [1.165, 1.54) is 0 Å². The van der Waals surface area contributed by atoms with E-state index in [0.717, 1.165) is 0 Å². The van der Waals surface area contributed by atoms with Crippen molar-refractivity contribution >= 4 is 5.97 Å². The zero-order valence-electron chi connectivity index (χ0n) is 11.4. The minimum absolute atomic E-state index is 0.0760. The summed E-state index contributed by atoms with van der Waals surface area (Å²) < 4.78 is 36.3. The van der Waals surface area contributed by atoms with Gasteiger partial charge in [-0.3, -0.25) is 9.69 Å². The van der Waals surface area contributed by atoms with Crippen LogP contribution in [-0.4, -0.2) is 40.8 Å². The van der Waals surface area contributed by atoms with E-state index in [0.29, 0.717) is 25.8 Å². The summed E-state index contributed by atoms with van der Waals surface area (Å²) in [6, 6.07) is 0.197. The lowest BCUT2D eigenvalue weighted by atomic mass is 9.90. The molecular weight excluding hydrogens is 259 g/mol. The quantitative estimate of drug-likeness (QED) is 0.840. The molecule has 0 spiro atoms. The Labute approximate surface area is 111 Å². The van der Waals surface area contributed by atoms with Gasteiger partial charge in [0.25, 0.3) is 0 Å². The van der Waals surface area contributed by atoms with Crippen LogP contribution in [-0.2, 0) is 4.79 Å². The van der Waals surface area contributed by atoms with Gasteiger partial charge in [-0.1, -0.05) is 0 Å². The molecule has 0 aromatic carbocycles. The molecule has 19 heavy (non-hydrogen) atoms. The van der Waals surface area contributed by atoms with E-state index in [4.69, 9.17) is 5.11 Å². The highest BCUT2D eigenvalue weighted by Gasteiger charge is 2.32. The van der Waals surface area contributed by atoms with Gasteiger partial charge >= 0.3 is 12.1 Å². The molecule has 1 aliphatic rings. The molecule has 0 aromatic heterocycles. The number of aliphatic carboxylic acids is 1. The van der Waals surface area contributed by atoms with Gasteiger partial charge in [-0.05, 0) is 46.1 Å². The smallest absolute Gasteiger partial charge is 0.389 e. The Balaban J connectivity index is 2.37. The van der Waals surface area contributed by atoms with Crippen LogP contribution in [0.25, 0.3) is 0 Å². The fraction of sp³-hybridized carbons (Fsp3) is 0.923. The van der Waals surface area contributed by atoms with Crippen molar-refractivity contribution in [3.63, 3.8) is 0 Å². The number of hydrogen-bond acceptors (Lipinski definition) is 2. The number of nitrogens with zero attached hydrogens (tertiary/aromatic N) is 1. The third-order valence-corrected chi connectivity index (χ3v) is 3.93. The summed E-state index contributed by atoms with van der Waals surface area (Å²) in [4.78, 5) is 13.1. The third-order valence-electron chi connectivity index (χ3n) is 3.93. The normalized spacial score (nSPS) is 27.2. The van der Waals surface area contributed by atoms with Gasteiger partial charge < -0.3 is 5.11 Å². The molecule has 1 N–H and O–H groups in total. The maximum atomic E-state index is 12.1. The highest BCUT2D eigenvalue weighted by atomic mass is 19.4. The molecule has 3 atom stereocenters. The van der Waals surface area contributed by atoms with E-state index in [9.17, 15) is 18.0 Å². The van der Waals surface area contributed by atoms with Crippen LogP contribution in [0.1, 0.15) is 46.0 Å². The number of alkyl halides is 3. The van der Waals surface area contributed by atoms with E-state index in [-0.39, 0.29) is 24.4 Å². The molecule has 0 aliphatic carbocycles. The lowest BCUT2D eigenvalue weighted by Gasteiger charge is -2.40. The van der Waals surface area contributed by atoms with E-state index in [1.54, 1.807) is 0 Å². The molecule has 1 fully saturated rings. The van der Waals surface area contributed by atoms with Gasteiger partial charge in [-0.15, -0.1) is 0 Å². The van der Waals surface area contributed by atoms with Gasteiger partial charge in [0.2, 0.25) is 0 Å². The first kappa shape index (κ1) is 16.3. The number of carboxylic acid groups (broad SMARTS) is 1. The van der Waals surface area contributed by atoms with Crippen molar-refractivity contribution in [1.29, 1.82) is 0 Å². The first-order chi connectivity index (χ1) is 8.70. The van der Waals surface area contributed by atoms with Crippen molar-refractivity contribution in [2.45, 2.75) is 64.2 Å². The summed E-state index contributed by atoms with van der Waals surface area (Å²) >= 11 is 0. The molecule has 1 aliphatic heterocycles. The summed E-state index contributed by atoms with van der Waals surface area (Å²) in [5.41, 5.74) is 0. The molecule has 3 nitrogen and oxygen atoms in total. The number of likely N-dealkylation sites (tertiary alicyclic amines) is 1. The Morgan fingerprint density at radius 3 is 2.58 bits per heavy atom. The van der Waals surface area contributed by atoms with Crippen LogP contribution in [0, 0.1) is 5.92 Å². The van der Waals surface area contributed by atoms with Crippen molar-refractivity contribution in [1.82, 2.24) is 4.90 Å². The predicted molar refractivity (Wildman–Crippen MR) is 65.9 cm³/mol. The van der Waals surface area contributed by atoms with Crippen LogP contribution < -0.4 is 0 Å². The standard InChI is InChI=1S/C13H22F3NO2/c1-9(4-3-6-13(14,15)16)17-7-5-11(12(18)19)8-10(17)2/h9-11H,3-8H2,1-2H3,(H,18,19). The van der Waals surface area contributed by atoms with Crippen LogP contribution in [0.2, 0.25) is 0 Å². The van der Waals surface area contributed by atoms with Gasteiger partial charge in [0.05, 0.1) is 5.92 Å². The fourth-order valence-electron chi connectivity index (χ4n) is 2.83.